The minimum Gasteiger partial charge on any atom is -0.507 e. The number of rotatable bonds is 7. The Hall–Kier alpha value is -0.980. The maximum atomic E-state index is 10.1. The zero-order valence-corrected chi connectivity index (χ0v) is 11.6. The Kier molecular flexibility index (Phi) is 6.10. The largest absolute Gasteiger partial charge is 0.507 e. The molecule has 0 heterocycles. The van der Waals surface area contributed by atoms with Gasteiger partial charge in [-0.1, -0.05) is 52.2 Å². The summed E-state index contributed by atoms with van der Waals surface area (Å²) in [7, 11) is 0. The summed E-state index contributed by atoms with van der Waals surface area (Å²) in [6.07, 6.45) is 7.97. The van der Waals surface area contributed by atoms with Crippen molar-refractivity contribution in [1.29, 1.82) is 0 Å². The summed E-state index contributed by atoms with van der Waals surface area (Å²) >= 11 is 0. The molecule has 1 heteroatoms. The Morgan fingerprint density at radius 3 is 2.18 bits per heavy atom. The molecule has 0 atom stereocenters. The van der Waals surface area contributed by atoms with E-state index in [-0.39, 0.29) is 0 Å². The monoisotopic (exact) mass is 234 g/mol. The number of phenols is 1. The van der Waals surface area contributed by atoms with Crippen LogP contribution in [0.25, 0.3) is 0 Å². The predicted octanol–water partition coefficient (Wildman–Crippen LogP) is 4.64. The molecule has 0 aliphatic carbocycles. The fraction of sp³-hybridized carbons (Fsp3) is 0.625. The number of hydrogen-bond donors (Lipinski definition) is 1. The number of unbranched alkanes of at least 4 members (excludes halogenated alkanes) is 2. The van der Waals surface area contributed by atoms with E-state index < -0.39 is 0 Å². The van der Waals surface area contributed by atoms with Crippen LogP contribution in [-0.4, -0.2) is 5.11 Å². The molecule has 0 saturated heterocycles. The highest BCUT2D eigenvalue weighted by molar-refractivity contribution is 5.44. The highest BCUT2D eigenvalue weighted by Gasteiger charge is 2.08. The van der Waals surface area contributed by atoms with Crippen molar-refractivity contribution in [2.75, 3.05) is 0 Å². The van der Waals surface area contributed by atoms with Crippen molar-refractivity contribution in [3.8, 4) is 5.75 Å². The van der Waals surface area contributed by atoms with Crippen LogP contribution in [0, 0.1) is 0 Å². The van der Waals surface area contributed by atoms with Gasteiger partial charge in [-0.05, 0) is 42.4 Å². The van der Waals surface area contributed by atoms with E-state index in [1.165, 1.54) is 24.8 Å². The van der Waals surface area contributed by atoms with Crippen LogP contribution in [-0.2, 0) is 19.3 Å². The fourth-order valence-corrected chi connectivity index (χ4v) is 2.29. The van der Waals surface area contributed by atoms with Crippen LogP contribution in [0.1, 0.15) is 63.1 Å². The third kappa shape index (κ3) is 4.07. The zero-order valence-electron chi connectivity index (χ0n) is 11.6. The first-order chi connectivity index (χ1) is 8.22. The molecule has 0 bridgehead atoms. The summed E-state index contributed by atoms with van der Waals surface area (Å²) in [4.78, 5) is 0. The summed E-state index contributed by atoms with van der Waals surface area (Å²) in [5.74, 6) is 0.536. The molecule has 0 amide bonds. The molecule has 0 unspecified atom stereocenters. The van der Waals surface area contributed by atoms with Crippen LogP contribution >= 0.6 is 0 Å². The molecule has 17 heavy (non-hydrogen) atoms. The zero-order chi connectivity index (χ0) is 12.7. The van der Waals surface area contributed by atoms with Gasteiger partial charge in [0.2, 0.25) is 0 Å². The summed E-state index contributed by atoms with van der Waals surface area (Å²) < 4.78 is 0. The first-order valence-corrected chi connectivity index (χ1v) is 7.06. The highest BCUT2D eigenvalue weighted by Crippen LogP contribution is 2.27. The molecule has 1 aromatic carbocycles. The minimum absolute atomic E-state index is 0.536. The molecule has 1 aromatic rings. The minimum atomic E-state index is 0.536. The van der Waals surface area contributed by atoms with Gasteiger partial charge >= 0.3 is 0 Å². The van der Waals surface area contributed by atoms with Gasteiger partial charge in [0.1, 0.15) is 5.75 Å². The standard InChI is InChI=1S/C16H26O/c1-4-7-8-10-13-11-14(6-3)16(17)15(12-13)9-5-2/h11-12,17H,4-10H2,1-3H3. The van der Waals surface area contributed by atoms with Gasteiger partial charge in [0.05, 0.1) is 0 Å². The molecule has 96 valence electrons. The third-order valence-corrected chi connectivity index (χ3v) is 3.30. The Balaban J connectivity index is 2.86. The van der Waals surface area contributed by atoms with Crippen molar-refractivity contribution in [2.45, 2.75) is 65.7 Å². The summed E-state index contributed by atoms with van der Waals surface area (Å²) in [6, 6.07) is 4.39. The number of aromatic hydroxyl groups is 1. The van der Waals surface area contributed by atoms with E-state index in [9.17, 15) is 5.11 Å². The number of phenolic OH excluding ortho intramolecular Hbond substituents is 1. The lowest BCUT2D eigenvalue weighted by Crippen LogP contribution is -1.95. The molecule has 0 aromatic heterocycles. The van der Waals surface area contributed by atoms with E-state index in [4.69, 9.17) is 0 Å². The van der Waals surface area contributed by atoms with Crippen molar-refractivity contribution in [3.63, 3.8) is 0 Å². The SMILES string of the molecule is CCCCCc1cc(CC)c(O)c(CCC)c1. The van der Waals surface area contributed by atoms with Crippen LogP contribution < -0.4 is 0 Å². The van der Waals surface area contributed by atoms with Gasteiger partial charge < -0.3 is 5.11 Å². The van der Waals surface area contributed by atoms with Gasteiger partial charge in [0.15, 0.2) is 0 Å². The Labute approximate surface area is 106 Å². The van der Waals surface area contributed by atoms with E-state index in [2.05, 4.69) is 32.9 Å². The molecule has 1 nitrogen and oxygen atoms in total. The van der Waals surface area contributed by atoms with Gasteiger partial charge in [-0.25, -0.2) is 0 Å². The van der Waals surface area contributed by atoms with Gasteiger partial charge in [0, 0.05) is 0 Å². The van der Waals surface area contributed by atoms with Crippen molar-refractivity contribution >= 4 is 0 Å². The second-order valence-electron chi connectivity index (χ2n) is 4.82. The molecule has 0 spiro atoms. The fourth-order valence-electron chi connectivity index (χ4n) is 2.29. The molecule has 1 N–H and O–H groups in total. The highest BCUT2D eigenvalue weighted by atomic mass is 16.3. The normalized spacial score (nSPS) is 10.8. The van der Waals surface area contributed by atoms with Crippen molar-refractivity contribution in [2.24, 2.45) is 0 Å². The summed E-state index contributed by atoms with van der Waals surface area (Å²) in [5, 5.41) is 10.1. The lowest BCUT2D eigenvalue weighted by molar-refractivity contribution is 0.460. The Morgan fingerprint density at radius 1 is 0.882 bits per heavy atom. The lowest BCUT2D eigenvalue weighted by Gasteiger charge is -2.11. The van der Waals surface area contributed by atoms with Crippen molar-refractivity contribution in [1.82, 2.24) is 0 Å². The van der Waals surface area contributed by atoms with E-state index in [0.717, 1.165) is 36.8 Å². The van der Waals surface area contributed by atoms with E-state index >= 15 is 0 Å². The van der Waals surface area contributed by atoms with Crippen LogP contribution in [0.15, 0.2) is 12.1 Å². The van der Waals surface area contributed by atoms with E-state index in [1.807, 2.05) is 0 Å². The van der Waals surface area contributed by atoms with Gasteiger partial charge in [0.25, 0.3) is 0 Å². The molecular weight excluding hydrogens is 208 g/mol. The molecule has 0 aliphatic heterocycles. The summed E-state index contributed by atoms with van der Waals surface area (Å²) in [6.45, 7) is 6.51. The topological polar surface area (TPSA) is 20.2 Å². The predicted molar refractivity (Wildman–Crippen MR) is 74.7 cm³/mol. The smallest absolute Gasteiger partial charge is 0.121 e. The van der Waals surface area contributed by atoms with Gasteiger partial charge in [-0.2, -0.15) is 0 Å². The molecule has 1 rings (SSSR count). The van der Waals surface area contributed by atoms with Crippen molar-refractivity contribution < 1.29 is 5.11 Å². The van der Waals surface area contributed by atoms with Gasteiger partial charge in [-0.3, -0.25) is 0 Å². The number of hydrogen-bond acceptors (Lipinski definition) is 1. The molecule has 0 fully saturated rings. The number of aryl methyl sites for hydroxylation is 3. The quantitative estimate of drug-likeness (QED) is 0.681. The average molecular weight is 234 g/mol. The Bertz CT molecular complexity index is 342. The first kappa shape index (κ1) is 14.1. The van der Waals surface area contributed by atoms with Crippen LogP contribution in [0.3, 0.4) is 0 Å². The summed E-state index contributed by atoms with van der Waals surface area (Å²) in [5.41, 5.74) is 3.65. The molecular formula is C16H26O. The molecule has 0 aliphatic rings. The van der Waals surface area contributed by atoms with E-state index in [1.54, 1.807) is 0 Å². The first-order valence-electron chi connectivity index (χ1n) is 7.06. The van der Waals surface area contributed by atoms with Crippen molar-refractivity contribution in [3.05, 3.63) is 28.8 Å². The van der Waals surface area contributed by atoms with Gasteiger partial charge in [-0.15, -0.1) is 0 Å². The molecule has 0 radical (unpaired) electrons. The maximum Gasteiger partial charge on any atom is 0.121 e. The lowest BCUT2D eigenvalue weighted by atomic mass is 9.96. The molecule has 0 saturated carbocycles. The maximum absolute atomic E-state index is 10.1. The Morgan fingerprint density at radius 2 is 1.59 bits per heavy atom. The van der Waals surface area contributed by atoms with Crippen LogP contribution in [0.5, 0.6) is 5.75 Å². The second-order valence-corrected chi connectivity index (χ2v) is 4.82. The number of benzene rings is 1. The third-order valence-electron chi connectivity index (χ3n) is 3.30. The van der Waals surface area contributed by atoms with Crippen LogP contribution in [0.2, 0.25) is 0 Å². The second kappa shape index (κ2) is 7.37. The average Bonchev–Trinajstić information content (AvgIpc) is 2.33. The van der Waals surface area contributed by atoms with Crippen LogP contribution in [0.4, 0.5) is 0 Å². The van der Waals surface area contributed by atoms with E-state index in [0.29, 0.717) is 5.75 Å².